The van der Waals surface area contributed by atoms with E-state index in [1.54, 1.807) is 36.1 Å². The number of ether oxygens (including phenoxy) is 2. The SMILES string of the molecule is COc1ccccc1Oc1c(CCC(=O)NCc2ccccc2)c(C)nn1-c1ccc(F)cc1. The summed E-state index contributed by atoms with van der Waals surface area (Å²) in [5, 5.41) is 7.58. The van der Waals surface area contributed by atoms with E-state index in [1.165, 1.54) is 12.1 Å². The van der Waals surface area contributed by atoms with Gasteiger partial charge < -0.3 is 14.8 Å². The van der Waals surface area contributed by atoms with Crippen LogP contribution in [-0.2, 0) is 17.8 Å². The first kappa shape index (κ1) is 23.0. The van der Waals surface area contributed by atoms with Crippen molar-refractivity contribution in [1.82, 2.24) is 15.1 Å². The summed E-state index contributed by atoms with van der Waals surface area (Å²) < 4.78 is 26.8. The minimum Gasteiger partial charge on any atom is -0.493 e. The van der Waals surface area contributed by atoms with Crippen molar-refractivity contribution in [2.75, 3.05) is 7.11 Å². The van der Waals surface area contributed by atoms with Crippen LogP contribution in [0.3, 0.4) is 0 Å². The fraction of sp³-hybridized carbons (Fsp3) is 0.185. The van der Waals surface area contributed by atoms with Crippen LogP contribution in [-0.4, -0.2) is 22.8 Å². The maximum Gasteiger partial charge on any atom is 0.226 e. The number of aromatic nitrogens is 2. The predicted molar refractivity (Wildman–Crippen MR) is 128 cm³/mol. The molecule has 0 aliphatic heterocycles. The molecule has 1 amide bonds. The minimum atomic E-state index is -0.338. The number of halogens is 1. The lowest BCUT2D eigenvalue weighted by atomic mass is 10.1. The summed E-state index contributed by atoms with van der Waals surface area (Å²) in [6.07, 6.45) is 0.698. The van der Waals surface area contributed by atoms with E-state index in [-0.39, 0.29) is 18.1 Å². The van der Waals surface area contributed by atoms with Crippen molar-refractivity contribution >= 4 is 5.91 Å². The third-order valence-electron chi connectivity index (χ3n) is 5.42. The maximum atomic E-state index is 13.5. The Balaban J connectivity index is 1.59. The zero-order chi connectivity index (χ0) is 23.9. The van der Waals surface area contributed by atoms with Gasteiger partial charge in [0.05, 0.1) is 18.5 Å². The topological polar surface area (TPSA) is 65.4 Å². The number of carbonyl (C=O) groups excluding carboxylic acids is 1. The highest BCUT2D eigenvalue weighted by atomic mass is 19.1. The van der Waals surface area contributed by atoms with Gasteiger partial charge in [0.2, 0.25) is 11.8 Å². The highest BCUT2D eigenvalue weighted by Crippen LogP contribution is 2.36. The molecule has 3 aromatic carbocycles. The number of hydrogen-bond donors (Lipinski definition) is 1. The zero-order valence-corrected chi connectivity index (χ0v) is 19.1. The van der Waals surface area contributed by atoms with Crippen molar-refractivity contribution in [3.8, 4) is 23.1 Å². The summed E-state index contributed by atoms with van der Waals surface area (Å²) in [7, 11) is 1.57. The van der Waals surface area contributed by atoms with E-state index in [0.29, 0.717) is 36.0 Å². The van der Waals surface area contributed by atoms with Crippen molar-refractivity contribution in [3.63, 3.8) is 0 Å². The molecule has 1 aromatic heterocycles. The molecular weight excluding hydrogens is 433 g/mol. The first-order valence-corrected chi connectivity index (χ1v) is 11.0. The third kappa shape index (κ3) is 5.43. The van der Waals surface area contributed by atoms with Crippen LogP contribution in [0.1, 0.15) is 23.2 Å². The Bertz CT molecular complexity index is 1250. The molecule has 0 saturated carbocycles. The Morgan fingerprint density at radius 1 is 0.971 bits per heavy atom. The molecule has 0 atom stereocenters. The summed E-state index contributed by atoms with van der Waals surface area (Å²) in [6, 6.07) is 23.1. The average molecular weight is 460 g/mol. The van der Waals surface area contributed by atoms with Gasteiger partial charge in [-0.15, -0.1) is 0 Å². The second-order valence-corrected chi connectivity index (χ2v) is 7.77. The van der Waals surface area contributed by atoms with Crippen LogP contribution >= 0.6 is 0 Å². The molecule has 0 spiro atoms. The summed E-state index contributed by atoms with van der Waals surface area (Å²) in [6.45, 7) is 2.34. The zero-order valence-electron chi connectivity index (χ0n) is 19.1. The van der Waals surface area contributed by atoms with Crippen molar-refractivity contribution in [3.05, 3.63) is 102 Å². The van der Waals surface area contributed by atoms with Crippen LogP contribution in [0, 0.1) is 12.7 Å². The van der Waals surface area contributed by atoms with E-state index in [2.05, 4.69) is 10.4 Å². The number of nitrogens with one attached hydrogen (secondary N) is 1. The second-order valence-electron chi connectivity index (χ2n) is 7.77. The largest absolute Gasteiger partial charge is 0.493 e. The van der Waals surface area contributed by atoms with Gasteiger partial charge >= 0.3 is 0 Å². The molecule has 0 saturated heterocycles. The van der Waals surface area contributed by atoms with Gasteiger partial charge in [-0.1, -0.05) is 42.5 Å². The van der Waals surface area contributed by atoms with Gasteiger partial charge in [0, 0.05) is 18.5 Å². The van der Waals surface area contributed by atoms with Crippen molar-refractivity contribution in [2.45, 2.75) is 26.3 Å². The number of benzene rings is 3. The Labute approximate surface area is 198 Å². The lowest BCUT2D eigenvalue weighted by Gasteiger charge is -2.14. The molecule has 0 radical (unpaired) electrons. The van der Waals surface area contributed by atoms with Gasteiger partial charge in [0.1, 0.15) is 5.82 Å². The first-order chi connectivity index (χ1) is 16.5. The number of carbonyl (C=O) groups is 1. The Kier molecular flexibility index (Phi) is 7.22. The lowest BCUT2D eigenvalue weighted by Crippen LogP contribution is -2.23. The quantitative estimate of drug-likeness (QED) is 0.366. The molecule has 4 aromatic rings. The molecule has 0 bridgehead atoms. The van der Waals surface area contributed by atoms with Crippen LogP contribution in [0.2, 0.25) is 0 Å². The van der Waals surface area contributed by atoms with Crippen LogP contribution < -0.4 is 14.8 Å². The van der Waals surface area contributed by atoms with Gasteiger partial charge in [-0.2, -0.15) is 5.10 Å². The molecule has 6 nitrogen and oxygen atoms in total. The Morgan fingerprint density at radius 3 is 2.35 bits per heavy atom. The molecule has 0 aliphatic carbocycles. The number of hydrogen-bond acceptors (Lipinski definition) is 4. The standard InChI is InChI=1S/C27H26FN3O3/c1-19-23(16-17-26(32)29-18-20-8-4-3-5-9-20)27(34-25-11-7-6-10-24(25)33-2)31(30-19)22-14-12-21(28)13-15-22/h3-15H,16-18H2,1-2H3,(H,29,32). The number of aryl methyl sites for hydroxylation is 1. The fourth-order valence-electron chi connectivity index (χ4n) is 3.62. The van der Waals surface area contributed by atoms with Crippen LogP contribution in [0.15, 0.2) is 78.9 Å². The molecule has 0 aliphatic rings. The smallest absolute Gasteiger partial charge is 0.226 e. The molecule has 1 heterocycles. The minimum absolute atomic E-state index is 0.0685. The molecular formula is C27H26FN3O3. The van der Waals surface area contributed by atoms with Gasteiger partial charge in [-0.25, -0.2) is 9.07 Å². The van der Waals surface area contributed by atoms with E-state index < -0.39 is 0 Å². The number of methoxy groups -OCH3 is 1. The highest BCUT2D eigenvalue weighted by molar-refractivity contribution is 5.76. The van der Waals surface area contributed by atoms with E-state index >= 15 is 0 Å². The van der Waals surface area contributed by atoms with Gasteiger partial charge in [-0.05, 0) is 55.3 Å². The van der Waals surface area contributed by atoms with Crippen LogP contribution in [0.5, 0.6) is 17.4 Å². The van der Waals surface area contributed by atoms with Crippen LogP contribution in [0.4, 0.5) is 4.39 Å². The summed E-state index contributed by atoms with van der Waals surface area (Å²) in [5.41, 5.74) is 3.21. The normalized spacial score (nSPS) is 10.7. The fourth-order valence-corrected chi connectivity index (χ4v) is 3.62. The summed E-state index contributed by atoms with van der Waals surface area (Å²) >= 11 is 0. The summed E-state index contributed by atoms with van der Waals surface area (Å²) in [4.78, 5) is 12.5. The number of rotatable bonds is 9. The van der Waals surface area contributed by atoms with Crippen molar-refractivity contribution in [2.24, 2.45) is 0 Å². The lowest BCUT2D eigenvalue weighted by molar-refractivity contribution is -0.121. The van der Waals surface area contributed by atoms with Gasteiger partial charge in [0.25, 0.3) is 0 Å². The molecule has 1 N–H and O–H groups in total. The average Bonchev–Trinajstić information content (AvgIpc) is 3.17. The maximum absolute atomic E-state index is 13.5. The van der Waals surface area contributed by atoms with E-state index in [4.69, 9.17) is 9.47 Å². The molecule has 0 fully saturated rings. The number of nitrogens with zero attached hydrogens (tertiary/aromatic N) is 2. The summed E-state index contributed by atoms with van der Waals surface area (Å²) in [5.74, 6) is 1.14. The Hall–Kier alpha value is -4.13. The Morgan fingerprint density at radius 2 is 1.65 bits per heavy atom. The molecule has 34 heavy (non-hydrogen) atoms. The molecule has 174 valence electrons. The molecule has 7 heteroatoms. The van der Waals surface area contributed by atoms with Gasteiger partial charge in [-0.3, -0.25) is 4.79 Å². The monoisotopic (exact) mass is 459 g/mol. The highest BCUT2D eigenvalue weighted by Gasteiger charge is 2.21. The molecule has 4 rings (SSSR count). The first-order valence-electron chi connectivity index (χ1n) is 11.0. The van der Waals surface area contributed by atoms with E-state index in [1.807, 2.05) is 49.4 Å². The molecule has 0 unspecified atom stereocenters. The predicted octanol–water partition coefficient (Wildman–Crippen LogP) is 5.37. The second kappa shape index (κ2) is 10.7. The number of amides is 1. The van der Waals surface area contributed by atoms with Crippen LogP contribution in [0.25, 0.3) is 5.69 Å². The van der Waals surface area contributed by atoms with Crippen molar-refractivity contribution in [1.29, 1.82) is 0 Å². The van der Waals surface area contributed by atoms with Gasteiger partial charge in [0.15, 0.2) is 11.5 Å². The van der Waals surface area contributed by atoms with E-state index in [0.717, 1.165) is 16.8 Å². The van der Waals surface area contributed by atoms with E-state index in [9.17, 15) is 9.18 Å². The number of para-hydroxylation sites is 2. The third-order valence-corrected chi connectivity index (χ3v) is 5.42. The van der Waals surface area contributed by atoms with Crippen molar-refractivity contribution < 1.29 is 18.7 Å².